The molecular formula is C27H30ClN3O2S. The molecule has 0 aliphatic heterocycles. The van der Waals surface area contributed by atoms with Crippen LogP contribution in [0, 0.1) is 6.92 Å². The summed E-state index contributed by atoms with van der Waals surface area (Å²) in [7, 11) is 5.73. The van der Waals surface area contributed by atoms with E-state index in [1.807, 2.05) is 73.6 Å². The third-order valence-corrected chi connectivity index (χ3v) is 6.83. The molecule has 34 heavy (non-hydrogen) atoms. The molecule has 5 nitrogen and oxygen atoms in total. The Morgan fingerprint density at radius 1 is 0.941 bits per heavy atom. The fourth-order valence-corrected chi connectivity index (χ4v) is 4.88. The summed E-state index contributed by atoms with van der Waals surface area (Å²) in [5.41, 5.74) is 4.81. The molecule has 0 bridgehead atoms. The molecule has 0 spiro atoms. The molecule has 0 aliphatic rings. The molecule has 0 unspecified atom stereocenters. The summed E-state index contributed by atoms with van der Waals surface area (Å²) >= 11 is 1.54. The molecule has 0 atom stereocenters. The van der Waals surface area contributed by atoms with Crippen molar-refractivity contribution in [3.63, 3.8) is 0 Å². The minimum Gasteiger partial charge on any atom is -0.494 e. The molecule has 4 aromatic rings. The van der Waals surface area contributed by atoms with Crippen LogP contribution in [0.15, 0.2) is 66.7 Å². The Labute approximate surface area is 211 Å². The van der Waals surface area contributed by atoms with Gasteiger partial charge in [0.25, 0.3) is 5.91 Å². The summed E-state index contributed by atoms with van der Waals surface area (Å²) in [5.74, 6) is 0.690. The van der Waals surface area contributed by atoms with E-state index in [1.165, 1.54) is 0 Å². The molecule has 0 saturated carbocycles. The predicted molar refractivity (Wildman–Crippen MR) is 145 cm³/mol. The van der Waals surface area contributed by atoms with Gasteiger partial charge in [0, 0.05) is 12.1 Å². The Morgan fingerprint density at radius 2 is 1.62 bits per heavy atom. The number of nitrogens with zero attached hydrogens (tertiary/aromatic N) is 3. The van der Waals surface area contributed by atoms with Crippen molar-refractivity contribution >= 4 is 45.0 Å². The van der Waals surface area contributed by atoms with Crippen LogP contribution in [0.25, 0.3) is 21.3 Å². The summed E-state index contributed by atoms with van der Waals surface area (Å²) in [6.07, 6.45) is 0.854. The number of fused-ring (bicyclic) bond motifs is 1. The molecule has 7 heteroatoms. The van der Waals surface area contributed by atoms with Crippen molar-refractivity contribution in [2.75, 3.05) is 39.2 Å². The fourth-order valence-electron chi connectivity index (χ4n) is 3.80. The summed E-state index contributed by atoms with van der Waals surface area (Å²) in [5, 5.41) is 0.702. The van der Waals surface area contributed by atoms with E-state index in [-0.39, 0.29) is 18.3 Å². The molecule has 0 aliphatic carbocycles. The van der Waals surface area contributed by atoms with E-state index in [2.05, 4.69) is 24.0 Å². The van der Waals surface area contributed by atoms with Crippen LogP contribution in [-0.2, 0) is 0 Å². The van der Waals surface area contributed by atoms with Crippen molar-refractivity contribution in [2.24, 2.45) is 0 Å². The highest BCUT2D eigenvalue weighted by Gasteiger charge is 2.23. The summed E-state index contributed by atoms with van der Waals surface area (Å²) in [4.78, 5) is 22.4. The molecule has 1 heterocycles. The van der Waals surface area contributed by atoms with Gasteiger partial charge in [-0.2, -0.15) is 0 Å². The van der Waals surface area contributed by atoms with Gasteiger partial charge in [-0.3, -0.25) is 9.69 Å². The Morgan fingerprint density at radius 3 is 2.26 bits per heavy atom. The highest BCUT2D eigenvalue weighted by molar-refractivity contribution is 7.22. The van der Waals surface area contributed by atoms with Gasteiger partial charge in [-0.25, -0.2) is 4.98 Å². The third-order valence-electron chi connectivity index (χ3n) is 5.61. The zero-order valence-electron chi connectivity index (χ0n) is 19.9. The number of hydrogen-bond donors (Lipinski definition) is 0. The van der Waals surface area contributed by atoms with Crippen molar-refractivity contribution in [1.82, 2.24) is 9.88 Å². The molecule has 0 N–H and O–H groups in total. The highest BCUT2D eigenvalue weighted by Crippen LogP contribution is 2.37. The number of rotatable bonds is 8. The van der Waals surface area contributed by atoms with E-state index in [0.29, 0.717) is 17.2 Å². The van der Waals surface area contributed by atoms with Crippen LogP contribution in [-0.4, -0.2) is 50.1 Å². The van der Waals surface area contributed by atoms with Crippen molar-refractivity contribution in [2.45, 2.75) is 13.3 Å². The molecule has 0 fully saturated rings. The maximum Gasteiger partial charge on any atom is 0.260 e. The Kier molecular flexibility index (Phi) is 8.67. The van der Waals surface area contributed by atoms with Gasteiger partial charge in [-0.15, -0.1) is 12.4 Å². The number of aromatic nitrogens is 1. The largest absolute Gasteiger partial charge is 0.494 e. The number of anilines is 1. The van der Waals surface area contributed by atoms with E-state index >= 15 is 0 Å². The van der Waals surface area contributed by atoms with Gasteiger partial charge in [0.2, 0.25) is 0 Å². The molecule has 0 saturated heterocycles. The van der Waals surface area contributed by atoms with Crippen LogP contribution in [0.2, 0.25) is 0 Å². The average Bonchev–Trinajstić information content (AvgIpc) is 3.28. The number of amides is 1. The molecular weight excluding hydrogens is 466 g/mol. The smallest absolute Gasteiger partial charge is 0.260 e. The van der Waals surface area contributed by atoms with Gasteiger partial charge in [0.15, 0.2) is 5.13 Å². The lowest BCUT2D eigenvalue weighted by Gasteiger charge is -2.21. The lowest BCUT2D eigenvalue weighted by molar-refractivity contribution is 0.0986. The normalized spacial score (nSPS) is 10.9. The number of aryl methyl sites for hydroxylation is 1. The van der Waals surface area contributed by atoms with Gasteiger partial charge in [0.1, 0.15) is 11.3 Å². The van der Waals surface area contributed by atoms with E-state index in [9.17, 15) is 4.79 Å². The summed E-state index contributed by atoms with van der Waals surface area (Å²) < 4.78 is 6.57. The Bertz CT molecular complexity index is 1240. The van der Waals surface area contributed by atoms with Gasteiger partial charge >= 0.3 is 0 Å². The van der Waals surface area contributed by atoms with Crippen molar-refractivity contribution < 1.29 is 9.53 Å². The first-order valence-electron chi connectivity index (χ1n) is 11.0. The quantitative estimate of drug-likeness (QED) is 0.288. The van der Waals surface area contributed by atoms with E-state index in [0.717, 1.165) is 45.6 Å². The van der Waals surface area contributed by atoms with Crippen molar-refractivity contribution in [3.05, 3.63) is 77.9 Å². The van der Waals surface area contributed by atoms with Crippen LogP contribution < -0.4 is 9.64 Å². The topological polar surface area (TPSA) is 45.7 Å². The standard InChI is InChI=1S/C27H29N3O2S.ClH/c1-19-11-16-23(32-4)24-25(19)33-27(28-24)30(18-8-17-29(2)3)26(31)22-14-12-21(13-15-22)20-9-6-5-7-10-20;/h5-7,9-16H,8,17-18H2,1-4H3;1H. The number of carbonyl (C=O) groups is 1. The van der Waals surface area contributed by atoms with Gasteiger partial charge in [-0.05, 0) is 68.9 Å². The van der Waals surface area contributed by atoms with Gasteiger partial charge in [-0.1, -0.05) is 59.9 Å². The lowest BCUT2D eigenvalue weighted by Crippen LogP contribution is -2.33. The molecule has 0 radical (unpaired) electrons. The SMILES string of the molecule is COc1ccc(C)c2sc(N(CCCN(C)C)C(=O)c3ccc(-c4ccccc4)cc3)nc12.Cl. The van der Waals surface area contributed by atoms with Crippen LogP contribution in [0.5, 0.6) is 5.75 Å². The highest BCUT2D eigenvalue weighted by atomic mass is 35.5. The molecule has 3 aromatic carbocycles. The molecule has 1 aromatic heterocycles. The summed E-state index contributed by atoms with van der Waals surface area (Å²) in [6, 6.07) is 22.0. The maximum atomic E-state index is 13.6. The molecule has 1 amide bonds. The number of benzene rings is 3. The van der Waals surface area contributed by atoms with Crippen molar-refractivity contribution in [3.8, 4) is 16.9 Å². The van der Waals surface area contributed by atoms with E-state index in [1.54, 1.807) is 18.4 Å². The van der Waals surface area contributed by atoms with Gasteiger partial charge < -0.3 is 9.64 Å². The van der Waals surface area contributed by atoms with Crippen LogP contribution >= 0.6 is 23.7 Å². The zero-order chi connectivity index (χ0) is 23.4. The first-order valence-corrected chi connectivity index (χ1v) is 11.9. The second-order valence-electron chi connectivity index (χ2n) is 8.32. The first-order chi connectivity index (χ1) is 16.0. The minimum absolute atomic E-state index is 0. The zero-order valence-corrected chi connectivity index (χ0v) is 21.6. The average molecular weight is 496 g/mol. The third kappa shape index (κ3) is 5.58. The first kappa shape index (κ1) is 25.7. The van der Waals surface area contributed by atoms with Crippen LogP contribution in [0.1, 0.15) is 22.3 Å². The Balaban J connectivity index is 0.00000324. The Hall–Kier alpha value is -2.93. The number of ether oxygens (including phenoxy) is 1. The minimum atomic E-state index is -0.0379. The number of halogens is 1. The maximum absolute atomic E-state index is 13.6. The molecule has 178 valence electrons. The van der Waals surface area contributed by atoms with Crippen LogP contribution in [0.3, 0.4) is 0 Å². The second kappa shape index (κ2) is 11.5. The predicted octanol–water partition coefficient (Wildman–Crippen LogP) is 6.30. The van der Waals surface area contributed by atoms with Gasteiger partial charge in [0.05, 0.1) is 11.8 Å². The summed E-state index contributed by atoms with van der Waals surface area (Å²) in [6.45, 7) is 3.55. The number of carbonyl (C=O) groups excluding carboxylic acids is 1. The number of hydrogen-bond acceptors (Lipinski definition) is 5. The van der Waals surface area contributed by atoms with E-state index < -0.39 is 0 Å². The van der Waals surface area contributed by atoms with Crippen LogP contribution in [0.4, 0.5) is 5.13 Å². The van der Waals surface area contributed by atoms with Crippen molar-refractivity contribution in [1.29, 1.82) is 0 Å². The van der Waals surface area contributed by atoms with E-state index in [4.69, 9.17) is 9.72 Å². The number of methoxy groups -OCH3 is 1. The fraction of sp³-hybridized carbons (Fsp3) is 0.259. The number of thiazole rings is 1. The lowest BCUT2D eigenvalue weighted by atomic mass is 10.0. The molecule has 4 rings (SSSR count). The monoisotopic (exact) mass is 495 g/mol. The second-order valence-corrected chi connectivity index (χ2v) is 9.29.